The molecule has 1 aliphatic heterocycles. The van der Waals surface area contributed by atoms with E-state index in [1.165, 1.54) is 6.07 Å². The van der Waals surface area contributed by atoms with Crippen molar-refractivity contribution >= 4 is 5.91 Å². The van der Waals surface area contributed by atoms with Gasteiger partial charge in [-0.2, -0.15) is 10.2 Å². The predicted octanol–water partition coefficient (Wildman–Crippen LogP) is 2.33. The molecule has 1 saturated carbocycles. The first-order chi connectivity index (χ1) is 10.6. The van der Waals surface area contributed by atoms with Crippen molar-refractivity contribution in [3.8, 4) is 12.3 Å². The summed E-state index contributed by atoms with van der Waals surface area (Å²) < 4.78 is 12.9. The van der Waals surface area contributed by atoms with Crippen LogP contribution >= 0.6 is 0 Å². The lowest BCUT2D eigenvalue weighted by Gasteiger charge is -2.16. The average Bonchev–Trinajstić information content (AvgIpc) is 3.42. The minimum atomic E-state index is -0.586. The normalized spacial score (nSPS) is 19.3. The molecule has 1 fully saturated rings. The van der Waals surface area contributed by atoms with Gasteiger partial charge in [0.05, 0.1) is 17.3 Å². The van der Waals surface area contributed by atoms with Gasteiger partial charge in [-0.1, -0.05) is 0 Å². The summed E-state index contributed by atoms with van der Waals surface area (Å²) in [6.07, 6.45) is 9.90. The smallest absolute Gasteiger partial charge is 0.232 e. The molecule has 22 heavy (non-hydrogen) atoms. The molecule has 2 aliphatic rings. The first-order valence-corrected chi connectivity index (χ1v) is 7.38. The molecule has 0 bridgehead atoms. The van der Waals surface area contributed by atoms with E-state index in [1.54, 1.807) is 6.07 Å². The van der Waals surface area contributed by atoms with E-state index in [1.807, 2.05) is 0 Å². The summed E-state index contributed by atoms with van der Waals surface area (Å²) in [5.41, 5.74) is -0.337. The van der Waals surface area contributed by atoms with Gasteiger partial charge in [-0.25, -0.2) is 4.39 Å². The van der Waals surface area contributed by atoms with Gasteiger partial charge in [-0.05, 0) is 25.0 Å². The first-order valence-electron chi connectivity index (χ1n) is 7.38. The highest BCUT2D eigenvalue weighted by molar-refractivity contribution is 5.90. The Morgan fingerprint density at radius 3 is 2.68 bits per heavy atom. The minimum absolute atomic E-state index is 0.0561. The summed E-state index contributed by atoms with van der Waals surface area (Å²) in [6, 6.07) is 2.92. The number of nitrogens with zero attached hydrogens (tertiary/aromatic N) is 3. The SMILES string of the molecule is C#CCCC1(CCNC(=O)C2(c3ccc(F)cn3)CC2)N=N1. The van der Waals surface area contributed by atoms with Crippen molar-refractivity contribution < 1.29 is 9.18 Å². The third-order valence-corrected chi connectivity index (χ3v) is 4.27. The maximum absolute atomic E-state index is 12.9. The number of aromatic nitrogens is 1. The van der Waals surface area contributed by atoms with Crippen molar-refractivity contribution in [2.45, 2.75) is 43.2 Å². The van der Waals surface area contributed by atoms with Crippen molar-refractivity contribution in [3.63, 3.8) is 0 Å². The molecule has 0 atom stereocenters. The number of terminal acetylenes is 1. The number of carbonyl (C=O) groups excluding carboxylic acids is 1. The van der Waals surface area contributed by atoms with Crippen LogP contribution in [0.4, 0.5) is 4.39 Å². The summed E-state index contributed by atoms with van der Waals surface area (Å²) in [7, 11) is 0. The molecule has 0 saturated heterocycles. The summed E-state index contributed by atoms with van der Waals surface area (Å²) in [5, 5.41) is 11.0. The van der Waals surface area contributed by atoms with E-state index in [-0.39, 0.29) is 11.6 Å². The number of carbonyl (C=O) groups is 1. The van der Waals surface area contributed by atoms with Crippen LogP contribution in [0.2, 0.25) is 0 Å². The van der Waals surface area contributed by atoms with Crippen LogP contribution in [0.3, 0.4) is 0 Å². The van der Waals surface area contributed by atoms with Crippen molar-refractivity contribution in [3.05, 3.63) is 29.8 Å². The summed E-state index contributed by atoms with van der Waals surface area (Å²) >= 11 is 0. The highest BCUT2D eigenvalue weighted by Crippen LogP contribution is 2.47. The lowest BCUT2D eigenvalue weighted by molar-refractivity contribution is -0.123. The second kappa shape index (κ2) is 5.48. The molecule has 1 aliphatic carbocycles. The quantitative estimate of drug-likeness (QED) is 0.785. The molecule has 3 rings (SSSR count). The van der Waals surface area contributed by atoms with Crippen LogP contribution in [0.15, 0.2) is 28.6 Å². The maximum Gasteiger partial charge on any atom is 0.232 e. The van der Waals surface area contributed by atoms with Gasteiger partial charge < -0.3 is 5.32 Å². The standard InChI is InChI=1S/C16H17FN4O/c1-2-3-6-16(20-21-16)9-10-18-14(22)15(7-8-15)13-5-4-12(17)11-19-13/h1,4-5,11H,3,6-10H2,(H,18,22). The topological polar surface area (TPSA) is 66.7 Å². The summed E-state index contributed by atoms with van der Waals surface area (Å²) in [5.74, 6) is 2.12. The second-order valence-corrected chi connectivity index (χ2v) is 5.84. The molecule has 6 heteroatoms. The fraction of sp³-hybridized carbons (Fsp3) is 0.500. The van der Waals surface area contributed by atoms with Crippen LogP contribution in [0.25, 0.3) is 0 Å². The van der Waals surface area contributed by atoms with Gasteiger partial charge in [0, 0.05) is 25.8 Å². The number of halogens is 1. The van der Waals surface area contributed by atoms with E-state index in [0.717, 1.165) is 25.5 Å². The number of hydrogen-bond donors (Lipinski definition) is 1. The van der Waals surface area contributed by atoms with Crippen molar-refractivity contribution in [2.75, 3.05) is 6.54 Å². The molecule has 0 radical (unpaired) electrons. The van der Waals surface area contributed by atoms with E-state index in [4.69, 9.17) is 6.42 Å². The fourth-order valence-corrected chi connectivity index (χ4v) is 2.60. The van der Waals surface area contributed by atoms with Gasteiger partial charge in [-0.15, -0.1) is 12.3 Å². The number of hydrogen-bond acceptors (Lipinski definition) is 4. The second-order valence-electron chi connectivity index (χ2n) is 5.84. The summed E-state index contributed by atoms with van der Waals surface area (Å²) in [4.78, 5) is 16.4. The highest BCUT2D eigenvalue weighted by Gasteiger charge is 2.52. The van der Waals surface area contributed by atoms with E-state index in [0.29, 0.717) is 25.1 Å². The van der Waals surface area contributed by atoms with Gasteiger partial charge >= 0.3 is 0 Å². The monoisotopic (exact) mass is 300 g/mol. The summed E-state index contributed by atoms with van der Waals surface area (Å²) in [6.45, 7) is 0.499. The van der Waals surface area contributed by atoms with Crippen LogP contribution in [0.1, 0.15) is 37.8 Å². The number of pyridine rings is 1. The van der Waals surface area contributed by atoms with E-state index >= 15 is 0 Å². The fourth-order valence-electron chi connectivity index (χ4n) is 2.60. The van der Waals surface area contributed by atoms with Crippen LogP contribution in [-0.4, -0.2) is 23.1 Å². The zero-order valence-corrected chi connectivity index (χ0v) is 12.2. The molecule has 0 spiro atoms. The first kappa shape index (κ1) is 14.6. The maximum atomic E-state index is 12.9. The number of rotatable bonds is 7. The number of nitrogens with one attached hydrogen (secondary N) is 1. The van der Waals surface area contributed by atoms with E-state index < -0.39 is 11.2 Å². The van der Waals surface area contributed by atoms with Gasteiger partial charge in [0.25, 0.3) is 0 Å². The molecular formula is C16H17FN4O. The van der Waals surface area contributed by atoms with E-state index in [9.17, 15) is 9.18 Å². The minimum Gasteiger partial charge on any atom is -0.355 e. The third-order valence-electron chi connectivity index (χ3n) is 4.27. The van der Waals surface area contributed by atoms with Gasteiger partial charge in [-0.3, -0.25) is 9.78 Å². The van der Waals surface area contributed by atoms with Crippen LogP contribution in [-0.2, 0) is 10.2 Å². The van der Waals surface area contributed by atoms with Crippen molar-refractivity contribution in [1.29, 1.82) is 0 Å². The molecule has 5 nitrogen and oxygen atoms in total. The average molecular weight is 300 g/mol. The molecule has 1 aromatic heterocycles. The molecule has 0 aromatic carbocycles. The Morgan fingerprint density at radius 2 is 2.14 bits per heavy atom. The zero-order chi connectivity index (χ0) is 15.6. The van der Waals surface area contributed by atoms with Crippen LogP contribution < -0.4 is 5.32 Å². The third kappa shape index (κ3) is 2.84. The Bertz CT molecular complexity index is 637. The molecular weight excluding hydrogens is 283 g/mol. The van der Waals surface area contributed by atoms with E-state index in [2.05, 4.69) is 26.4 Å². The molecule has 2 heterocycles. The van der Waals surface area contributed by atoms with Crippen molar-refractivity contribution in [1.82, 2.24) is 10.3 Å². The number of amides is 1. The Kier molecular flexibility index (Phi) is 3.65. The molecule has 1 aromatic rings. The van der Waals surface area contributed by atoms with Crippen LogP contribution in [0, 0.1) is 18.2 Å². The molecule has 1 N–H and O–H groups in total. The van der Waals surface area contributed by atoms with Crippen molar-refractivity contribution in [2.24, 2.45) is 10.2 Å². The lowest BCUT2D eigenvalue weighted by atomic mass is 10.00. The largest absolute Gasteiger partial charge is 0.355 e. The molecule has 0 unspecified atom stereocenters. The van der Waals surface area contributed by atoms with Crippen LogP contribution in [0.5, 0.6) is 0 Å². The predicted molar refractivity (Wildman–Crippen MR) is 78.4 cm³/mol. The Morgan fingerprint density at radius 1 is 1.36 bits per heavy atom. The Balaban J connectivity index is 1.52. The van der Waals surface area contributed by atoms with Gasteiger partial charge in [0.2, 0.25) is 5.91 Å². The highest BCUT2D eigenvalue weighted by atomic mass is 19.1. The van der Waals surface area contributed by atoms with Gasteiger partial charge in [0.15, 0.2) is 5.66 Å². The Hall–Kier alpha value is -2.29. The zero-order valence-electron chi connectivity index (χ0n) is 12.2. The Labute approximate surface area is 128 Å². The molecule has 114 valence electrons. The lowest BCUT2D eigenvalue weighted by Crippen LogP contribution is -2.37. The van der Waals surface area contributed by atoms with Gasteiger partial charge in [0.1, 0.15) is 5.82 Å². The molecule has 1 amide bonds.